The summed E-state index contributed by atoms with van der Waals surface area (Å²) in [7, 11) is 1.59. The summed E-state index contributed by atoms with van der Waals surface area (Å²) in [5.74, 6) is -0.0897. The Morgan fingerprint density at radius 1 is 1.38 bits per heavy atom. The lowest BCUT2D eigenvalue weighted by atomic mass is 10.1. The van der Waals surface area contributed by atoms with Crippen LogP contribution in [0.2, 0.25) is 0 Å². The fourth-order valence-electron chi connectivity index (χ4n) is 1.83. The van der Waals surface area contributed by atoms with Crippen molar-refractivity contribution >= 4 is 5.82 Å². The number of methoxy groups -OCH3 is 1. The van der Waals surface area contributed by atoms with E-state index in [1.165, 1.54) is 0 Å². The zero-order valence-electron chi connectivity index (χ0n) is 13.3. The highest BCUT2D eigenvalue weighted by Gasteiger charge is 2.17. The van der Waals surface area contributed by atoms with E-state index in [0.717, 1.165) is 0 Å². The molecule has 21 heavy (non-hydrogen) atoms. The number of aromatic nitrogens is 1. The molecule has 0 radical (unpaired) electrons. The number of hydrogen-bond donors (Lipinski definition) is 2. The maximum absolute atomic E-state index is 14.6. The van der Waals surface area contributed by atoms with Gasteiger partial charge in [-0.15, -0.1) is 0 Å². The Bertz CT molecular complexity index is 435. The highest BCUT2D eigenvalue weighted by Crippen LogP contribution is 2.19. The Kier molecular flexibility index (Phi) is 7.01. The molecule has 0 saturated heterocycles. The van der Waals surface area contributed by atoms with Gasteiger partial charge in [0.05, 0.1) is 13.2 Å². The minimum atomic E-state index is -0.348. The van der Waals surface area contributed by atoms with Crippen molar-refractivity contribution in [1.29, 1.82) is 0 Å². The van der Waals surface area contributed by atoms with Crippen LogP contribution in [-0.2, 0) is 11.3 Å². The Labute approximate surface area is 126 Å². The average molecular weight is 299 g/mol. The highest BCUT2D eigenvalue weighted by atomic mass is 19.1. The molecule has 0 bridgehead atoms. The maximum Gasteiger partial charge on any atom is 0.170 e. The van der Waals surface area contributed by atoms with E-state index in [2.05, 4.69) is 10.3 Å². The number of rotatable bonds is 8. The lowest BCUT2D eigenvalue weighted by Crippen LogP contribution is -2.36. The van der Waals surface area contributed by atoms with Crippen molar-refractivity contribution in [3.63, 3.8) is 0 Å². The molecule has 1 aromatic rings. The quantitative estimate of drug-likeness (QED) is 0.763. The zero-order chi connectivity index (χ0) is 15.9. The molecule has 0 amide bonds. The summed E-state index contributed by atoms with van der Waals surface area (Å²) in [6.45, 7) is 7.72. The normalized spacial score (nSPS) is 11.7. The summed E-state index contributed by atoms with van der Waals surface area (Å²) in [6.07, 6.45) is 1.59. The van der Waals surface area contributed by atoms with Gasteiger partial charge in [0.2, 0.25) is 0 Å². The van der Waals surface area contributed by atoms with Crippen LogP contribution < -0.4 is 10.2 Å². The second kappa shape index (κ2) is 8.26. The molecule has 0 aliphatic carbocycles. The van der Waals surface area contributed by atoms with Crippen molar-refractivity contribution in [3.8, 4) is 0 Å². The molecule has 0 unspecified atom stereocenters. The second-order valence-electron chi connectivity index (χ2n) is 5.91. The van der Waals surface area contributed by atoms with Gasteiger partial charge in [0.25, 0.3) is 0 Å². The van der Waals surface area contributed by atoms with E-state index >= 15 is 0 Å². The van der Waals surface area contributed by atoms with E-state index < -0.39 is 0 Å². The number of hydrogen-bond acceptors (Lipinski definition) is 5. The van der Waals surface area contributed by atoms with Crippen molar-refractivity contribution in [2.24, 2.45) is 0 Å². The molecule has 1 heterocycles. The number of nitrogens with one attached hydrogen (secondary N) is 1. The average Bonchev–Trinajstić information content (AvgIpc) is 2.42. The molecule has 0 fully saturated rings. The fourth-order valence-corrected chi connectivity index (χ4v) is 1.83. The SMILES string of the molecule is COCCN(CCO)c1nccc(CNC(C)(C)C)c1F. The molecule has 0 aliphatic rings. The van der Waals surface area contributed by atoms with Crippen LogP contribution in [0.4, 0.5) is 10.2 Å². The van der Waals surface area contributed by atoms with E-state index in [1.807, 2.05) is 20.8 Å². The first kappa shape index (κ1) is 17.8. The molecule has 0 atom stereocenters. The smallest absolute Gasteiger partial charge is 0.170 e. The molecular formula is C15H26FN3O2. The summed E-state index contributed by atoms with van der Waals surface area (Å²) in [5, 5.41) is 12.4. The Hall–Kier alpha value is -1.24. The van der Waals surface area contributed by atoms with Gasteiger partial charge in [-0.3, -0.25) is 0 Å². The Morgan fingerprint density at radius 2 is 2.10 bits per heavy atom. The molecule has 6 heteroatoms. The number of pyridine rings is 1. The van der Waals surface area contributed by atoms with Crippen LogP contribution in [-0.4, -0.2) is 49.0 Å². The van der Waals surface area contributed by atoms with Gasteiger partial charge in [0, 0.05) is 44.0 Å². The van der Waals surface area contributed by atoms with Gasteiger partial charge in [0.1, 0.15) is 0 Å². The first-order valence-corrected chi connectivity index (χ1v) is 7.12. The number of nitrogens with zero attached hydrogens (tertiary/aromatic N) is 2. The van der Waals surface area contributed by atoms with E-state index in [-0.39, 0.29) is 23.8 Å². The predicted octanol–water partition coefficient (Wildman–Crippen LogP) is 1.55. The summed E-state index contributed by atoms with van der Waals surface area (Å²) < 4.78 is 19.6. The van der Waals surface area contributed by atoms with Crippen molar-refractivity contribution in [2.45, 2.75) is 32.9 Å². The lowest BCUT2D eigenvalue weighted by molar-refractivity contribution is 0.202. The van der Waals surface area contributed by atoms with Crippen LogP contribution >= 0.6 is 0 Å². The van der Waals surface area contributed by atoms with E-state index in [1.54, 1.807) is 24.3 Å². The van der Waals surface area contributed by atoms with E-state index in [9.17, 15) is 4.39 Å². The largest absolute Gasteiger partial charge is 0.395 e. The second-order valence-corrected chi connectivity index (χ2v) is 5.91. The monoisotopic (exact) mass is 299 g/mol. The lowest BCUT2D eigenvalue weighted by Gasteiger charge is -2.25. The van der Waals surface area contributed by atoms with Gasteiger partial charge in [-0.1, -0.05) is 0 Å². The fraction of sp³-hybridized carbons (Fsp3) is 0.667. The minimum absolute atomic E-state index is 0.0602. The molecule has 5 nitrogen and oxygen atoms in total. The van der Waals surface area contributed by atoms with E-state index in [0.29, 0.717) is 31.8 Å². The van der Waals surface area contributed by atoms with E-state index in [4.69, 9.17) is 9.84 Å². The molecule has 1 aromatic heterocycles. The molecular weight excluding hydrogens is 273 g/mol. The summed E-state index contributed by atoms with van der Waals surface area (Å²) in [4.78, 5) is 5.81. The molecule has 0 saturated carbocycles. The third-order valence-electron chi connectivity index (χ3n) is 2.99. The third-order valence-corrected chi connectivity index (χ3v) is 2.99. The number of anilines is 1. The molecule has 120 valence electrons. The van der Waals surface area contributed by atoms with Gasteiger partial charge in [-0.25, -0.2) is 9.37 Å². The summed E-state index contributed by atoms with van der Waals surface area (Å²) >= 11 is 0. The third kappa shape index (κ3) is 5.95. The van der Waals surface area contributed by atoms with Crippen LogP contribution in [0.1, 0.15) is 26.3 Å². The van der Waals surface area contributed by atoms with Crippen molar-refractivity contribution in [3.05, 3.63) is 23.6 Å². The summed E-state index contributed by atoms with van der Waals surface area (Å²) in [5.41, 5.74) is 0.478. The van der Waals surface area contributed by atoms with Gasteiger partial charge in [-0.05, 0) is 26.8 Å². The zero-order valence-corrected chi connectivity index (χ0v) is 13.3. The van der Waals surface area contributed by atoms with Gasteiger partial charge in [0.15, 0.2) is 11.6 Å². The van der Waals surface area contributed by atoms with Crippen LogP contribution in [0.25, 0.3) is 0 Å². The molecule has 1 rings (SSSR count). The molecule has 0 aliphatic heterocycles. The van der Waals surface area contributed by atoms with Gasteiger partial charge in [-0.2, -0.15) is 0 Å². The van der Waals surface area contributed by atoms with Crippen molar-refractivity contribution in [1.82, 2.24) is 10.3 Å². The van der Waals surface area contributed by atoms with Crippen LogP contribution in [0.3, 0.4) is 0 Å². The van der Waals surface area contributed by atoms with Crippen LogP contribution in [0, 0.1) is 5.82 Å². The number of halogens is 1. The number of aliphatic hydroxyl groups is 1. The van der Waals surface area contributed by atoms with Crippen LogP contribution in [0.15, 0.2) is 12.3 Å². The molecule has 2 N–H and O–H groups in total. The molecule has 0 aromatic carbocycles. The standard InChI is InChI=1S/C15H26FN3O2/c1-15(2,3)18-11-12-5-6-17-14(13(12)16)19(7-9-20)8-10-21-4/h5-6,18,20H,7-11H2,1-4H3. The first-order valence-electron chi connectivity index (χ1n) is 7.12. The predicted molar refractivity (Wildman–Crippen MR) is 82.0 cm³/mol. The highest BCUT2D eigenvalue weighted by molar-refractivity contribution is 5.43. The Morgan fingerprint density at radius 3 is 2.67 bits per heavy atom. The van der Waals surface area contributed by atoms with Crippen molar-refractivity contribution in [2.75, 3.05) is 38.3 Å². The first-order chi connectivity index (χ1) is 9.89. The molecule has 0 spiro atoms. The number of aliphatic hydroxyl groups excluding tert-OH is 1. The minimum Gasteiger partial charge on any atom is -0.395 e. The van der Waals surface area contributed by atoms with Crippen molar-refractivity contribution < 1.29 is 14.2 Å². The van der Waals surface area contributed by atoms with Crippen LogP contribution in [0.5, 0.6) is 0 Å². The maximum atomic E-state index is 14.6. The number of ether oxygens (including phenoxy) is 1. The topological polar surface area (TPSA) is 57.6 Å². The Balaban J connectivity index is 2.90. The summed E-state index contributed by atoms with van der Waals surface area (Å²) in [6, 6.07) is 1.67. The van der Waals surface area contributed by atoms with Gasteiger partial charge < -0.3 is 20.1 Å². The van der Waals surface area contributed by atoms with Gasteiger partial charge >= 0.3 is 0 Å².